The van der Waals surface area contributed by atoms with Crippen molar-refractivity contribution in [2.75, 3.05) is 18.0 Å². The highest BCUT2D eigenvalue weighted by molar-refractivity contribution is 6.01. The molecule has 1 fully saturated rings. The second-order valence-corrected chi connectivity index (χ2v) is 6.60. The molecule has 0 saturated carbocycles. The second kappa shape index (κ2) is 7.97. The van der Waals surface area contributed by atoms with E-state index >= 15 is 0 Å². The molecule has 3 rings (SSSR count). The Morgan fingerprint density at radius 3 is 2.40 bits per heavy atom. The van der Waals surface area contributed by atoms with E-state index in [1.54, 1.807) is 6.07 Å². The number of carbonyl (C=O) groups excluding carboxylic acids is 1. The van der Waals surface area contributed by atoms with Crippen LogP contribution in [0.4, 0.5) is 5.69 Å². The molecule has 25 heavy (non-hydrogen) atoms. The van der Waals surface area contributed by atoms with Crippen LogP contribution in [0.25, 0.3) is 0 Å². The van der Waals surface area contributed by atoms with E-state index in [9.17, 15) is 4.79 Å². The maximum atomic E-state index is 12.2. The molecule has 2 aromatic rings. The van der Waals surface area contributed by atoms with Crippen LogP contribution in [0.15, 0.2) is 53.6 Å². The molecule has 1 saturated heterocycles. The Hall–Kier alpha value is -2.62. The number of nitrogens with one attached hydrogen (secondary N) is 1. The normalized spacial score (nSPS) is 15.1. The van der Waals surface area contributed by atoms with Crippen molar-refractivity contribution in [1.82, 2.24) is 5.43 Å². The third-order valence-corrected chi connectivity index (χ3v) is 4.61. The van der Waals surface area contributed by atoms with Crippen LogP contribution in [0.3, 0.4) is 0 Å². The van der Waals surface area contributed by atoms with Crippen molar-refractivity contribution in [1.29, 1.82) is 0 Å². The maximum absolute atomic E-state index is 12.2. The predicted octanol–water partition coefficient (Wildman–Crippen LogP) is 4.14. The highest BCUT2D eigenvalue weighted by Gasteiger charge is 2.11. The minimum atomic E-state index is -0.187. The summed E-state index contributed by atoms with van der Waals surface area (Å²) in [4.78, 5) is 14.6. The fraction of sp³-hybridized carbons (Fsp3) is 0.333. The first-order chi connectivity index (χ1) is 12.1. The third kappa shape index (κ3) is 4.47. The molecule has 1 heterocycles. The summed E-state index contributed by atoms with van der Waals surface area (Å²) in [6, 6.07) is 15.9. The Balaban J connectivity index is 1.64. The van der Waals surface area contributed by atoms with Crippen molar-refractivity contribution in [3.8, 4) is 0 Å². The minimum Gasteiger partial charge on any atom is -0.372 e. The Morgan fingerprint density at radius 1 is 1.00 bits per heavy atom. The fourth-order valence-electron chi connectivity index (χ4n) is 3.12. The van der Waals surface area contributed by atoms with Gasteiger partial charge in [0.2, 0.25) is 0 Å². The van der Waals surface area contributed by atoms with Crippen LogP contribution in [0.1, 0.15) is 47.7 Å². The van der Waals surface area contributed by atoms with Gasteiger partial charge in [0.15, 0.2) is 0 Å². The molecule has 1 amide bonds. The molecule has 1 aliphatic rings. The van der Waals surface area contributed by atoms with Gasteiger partial charge in [-0.3, -0.25) is 4.79 Å². The molecule has 0 spiro atoms. The number of hydrogen-bond acceptors (Lipinski definition) is 3. The predicted molar refractivity (Wildman–Crippen MR) is 103 cm³/mol. The van der Waals surface area contributed by atoms with Crippen LogP contribution < -0.4 is 10.3 Å². The van der Waals surface area contributed by atoms with Crippen LogP contribution in [-0.2, 0) is 0 Å². The SMILES string of the molecule is C/C(=N\NC(=O)c1cccc(C)c1)c1ccc(N2CCCCC2)cc1. The quantitative estimate of drug-likeness (QED) is 0.674. The van der Waals surface area contributed by atoms with E-state index in [1.807, 2.05) is 32.0 Å². The summed E-state index contributed by atoms with van der Waals surface area (Å²) in [6.07, 6.45) is 3.88. The number of nitrogens with zero attached hydrogens (tertiary/aromatic N) is 2. The van der Waals surface area contributed by atoms with Crippen LogP contribution in [-0.4, -0.2) is 24.7 Å². The molecular weight excluding hydrogens is 310 g/mol. The van der Waals surface area contributed by atoms with Gasteiger partial charge in [-0.15, -0.1) is 0 Å². The number of anilines is 1. The first-order valence-corrected chi connectivity index (χ1v) is 8.90. The summed E-state index contributed by atoms with van der Waals surface area (Å²) < 4.78 is 0. The lowest BCUT2D eigenvalue weighted by molar-refractivity contribution is 0.0954. The van der Waals surface area contributed by atoms with E-state index < -0.39 is 0 Å². The largest absolute Gasteiger partial charge is 0.372 e. The first-order valence-electron chi connectivity index (χ1n) is 8.90. The lowest BCUT2D eigenvalue weighted by atomic mass is 10.1. The van der Waals surface area contributed by atoms with Gasteiger partial charge in [-0.1, -0.05) is 29.8 Å². The molecule has 0 aromatic heterocycles. The smallest absolute Gasteiger partial charge is 0.271 e. The average Bonchev–Trinajstić information content (AvgIpc) is 2.66. The number of aryl methyl sites for hydroxylation is 1. The highest BCUT2D eigenvalue weighted by Crippen LogP contribution is 2.20. The standard InChI is InChI=1S/C21H25N3O/c1-16-7-6-8-19(15-16)21(25)23-22-17(2)18-9-11-20(12-10-18)24-13-4-3-5-14-24/h6-12,15H,3-5,13-14H2,1-2H3,(H,23,25)/b22-17+. The average molecular weight is 335 g/mol. The summed E-state index contributed by atoms with van der Waals surface area (Å²) in [7, 11) is 0. The zero-order valence-electron chi connectivity index (χ0n) is 15.0. The van der Waals surface area contributed by atoms with Gasteiger partial charge < -0.3 is 4.90 Å². The maximum Gasteiger partial charge on any atom is 0.271 e. The molecule has 0 unspecified atom stereocenters. The third-order valence-electron chi connectivity index (χ3n) is 4.61. The van der Waals surface area contributed by atoms with Gasteiger partial charge in [0.05, 0.1) is 5.71 Å². The van der Waals surface area contributed by atoms with Gasteiger partial charge >= 0.3 is 0 Å². The molecule has 0 atom stereocenters. The highest BCUT2D eigenvalue weighted by atomic mass is 16.2. The number of piperidine rings is 1. The van der Waals surface area contributed by atoms with Gasteiger partial charge in [0, 0.05) is 24.3 Å². The van der Waals surface area contributed by atoms with Crippen LogP contribution >= 0.6 is 0 Å². The van der Waals surface area contributed by atoms with E-state index in [-0.39, 0.29) is 5.91 Å². The van der Waals surface area contributed by atoms with E-state index in [0.717, 1.165) is 29.9 Å². The van der Waals surface area contributed by atoms with Crippen LogP contribution in [0, 0.1) is 6.92 Å². The van der Waals surface area contributed by atoms with E-state index in [2.05, 4.69) is 39.7 Å². The first kappa shape index (κ1) is 17.2. The zero-order valence-corrected chi connectivity index (χ0v) is 15.0. The molecule has 2 aromatic carbocycles. The number of amides is 1. The van der Waals surface area contributed by atoms with Crippen molar-refractivity contribution in [3.63, 3.8) is 0 Å². The molecular formula is C21H25N3O. The Morgan fingerprint density at radius 2 is 1.72 bits per heavy atom. The molecule has 4 heteroatoms. The molecule has 1 N–H and O–H groups in total. The Bertz CT molecular complexity index is 759. The van der Waals surface area contributed by atoms with Crippen molar-refractivity contribution < 1.29 is 4.79 Å². The molecule has 0 radical (unpaired) electrons. The summed E-state index contributed by atoms with van der Waals surface area (Å²) in [5.74, 6) is -0.187. The topological polar surface area (TPSA) is 44.7 Å². The molecule has 130 valence electrons. The van der Waals surface area contributed by atoms with Crippen molar-refractivity contribution >= 4 is 17.3 Å². The van der Waals surface area contributed by atoms with Crippen molar-refractivity contribution in [3.05, 3.63) is 65.2 Å². The van der Waals surface area contributed by atoms with Gasteiger partial charge in [-0.25, -0.2) is 5.43 Å². The number of rotatable bonds is 4. The summed E-state index contributed by atoms with van der Waals surface area (Å²) in [6.45, 7) is 6.15. The molecule has 0 bridgehead atoms. The Kier molecular flexibility index (Phi) is 5.49. The monoisotopic (exact) mass is 335 g/mol. The van der Waals surface area contributed by atoms with Gasteiger partial charge in [0.1, 0.15) is 0 Å². The summed E-state index contributed by atoms with van der Waals surface area (Å²) in [5.41, 5.74) is 7.40. The lowest BCUT2D eigenvalue weighted by Crippen LogP contribution is -2.29. The zero-order chi connectivity index (χ0) is 17.6. The number of hydrogen-bond donors (Lipinski definition) is 1. The number of carbonyl (C=O) groups is 1. The molecule has 0 aliphatic carbocycles. The van der Waals surface area contributed by atoms with E-state index in [0.29, 0.717) is 5.56 Å². The van der Waals surface area contributed by atoms with Crippen molar-refractivity contribution in [2.24, 2.45) is 5.10 Å². The van der Waals surface area contributed by atoms with Crippen LogP contribution in [0.5, 0.6) is 0 Å². The number of hydrazone groups is 1. The van der Waals surface area contributed by atoms with Crippen LogP contribution in [0.2, 0.25) is 0 Å². The number of benzene rings is 2. The fourth-order valence-corrected chi connectivity index (χ4v) is 3.12. The van der Waals surface area contributed by atoms with Crippen molar-refractivity contribution in [2.45, 2.75) is 33.1 Å². The molecule has 1 aliphatic heterocycles. The summed E-state index contributed by atoms with van der Waals surface area (Å²) in [5, 5.41) is 4.25. The summed E-state index contributed by atoms with van der Waals surface area (Å²) >= 11 is 0. The van der Waals surface area contributed by atoms with Gasteiger partial charge in [-0.2, -0.15) is 5.10 Å². The Labute approximate surface area is 149 Å². The van der Waals surface area contributed by atoms with E-state index in [4.69, 9.17) is 0 Å². The minimum absolute atomic E-state index is 0.187. The molecule has 4 nitrogen and oxygen atoms in total. The van der Waals surface area contributed by atoms with E-state index in [1.165, 1.54) is 24.9 Å². The van der Waals surface area contributed by atoms with Gasteiger partial charge in [0.25, 0.3) is 5.91 Å². The lowest BCUT2D eigenvalue weighted by Gasteiger charge is -2.28. The van der Waals surface area contributed by atoms with Gasteiger partial charge in [-0.05, 0) is 62.9 Å². The second-order valence-electron chi connectivity index (χ2n) is 6.60.